The minimum atomic E-state index is 0.00673. The molecule has 0 fully saturated rings. The molecule has 0 unspecified atom stereocenters. The van der Waals surface area contributed by atoms with Gasteiger partial charge in [0.2, 0.25) is 12.7 Å². The summed E-state index contributed by atoms with van der Waals surface area (Å²) in [6, 6.07) is 9.44. The molecule has 4 nitrogen and oxygen atoms in total. The standard InChI is InChI=1S/C14H13NO3S/c16-14(6-4-11-2-1-7-19-11)15-10-3-5-12-13(8-10)18-9-17-12/h1-3,5,7-8H,4,6,9H2,(H,15,16). The first-order chi connectivity index (χ1) is 9.31. The first-order valence-corrected chi connectivity index (χ1v) is 6.91. The molecule has 1 aliphatic heterocycles. The highest BCUT2D eigenvalue weighted by molar-refractivity contribution is 7.09. The van der Waals surface area contributed by atoms with Crippen molar-refractivity contribution < 1.29 is 14.3 Å². The minimum Gasteiger partial charge on any atom is -0.454 e. The van der Waals surface area contributed by atoms with Gasteiger partial charge in [0.25, 0.3) is 0 Å². The first-order valence-electron chi connectivity index (χ1n) is 6.03. The fourth-order valence-electron chi connectivity index (χ4n) is 1.89. The number of aryl methyl sites for hydroxylation is 1. The monoisotopic (exact) mass is 275 g/mol. The van der Waals surface area contributed by atoms with Gasteiger partial charge in [-0.2, -0.15) is 0 Å². The maximum absolute atomic E-state index is 11.8. The van der Waals surface area contributed by atoms with E-state index in [4.69, 9.17) is 9.47 Å². The number of hydrogen-bond donors (Lipinski definition) is 1. The molecule has 0 spiro atoms. The van der Waals surface area contributed by atoms with Crippen molar-refractivity contribution in [2.24, 2.45) is 0 Å². The van der Waals surface area contributed by atoms with Gasteiger partial charge in [-0.15, -0.1) is 11.3 Å². The van der Waals surface area contributed by atoms with Gasteiger partial charge in [-0.05, 0) is 30.0 Å². The summed E-state index contributed by atoms with van der Waals surface area (Å²) in [7, 11) is 0. The lowest BCUT2D eigenvalue weighted by Crippen LogP contribution is -2.11. The third-order valence-electron chi connectivity index (χ3n) is 2.83. The van der Waals surface area contributed by atoms with Crippen molar-refractivity contribution in [1.29, 1.82) is 0 Å². The van der Waals surface area contributed by atoms with Gasteiger partial charge in [-0.25, -0.2) is 0 Å². The molecule has 5 heteroatoms. The van der Waals surface area contributed by atoms with Crippen LogP contribution in [0.2, 0.25) is 0 Å². The summed E-state index contributed by atoms with van der Waals surface area (Å²) >= 11 is 1.67. The van der Waals surface area contributed by atoms with Gasteiger partial charge in [0.05, 0.1) is 0 Å². The molecule has 1 amide bonds. The quantitative estimate of drug-likeness (QED) is 0.933. The molecule has 3 rings (SSSR count). The molecule has 0 saturated heterocycles. The van der Waals surface area contributed by atoms with Gasteiger partial charge in [-0.3, -0.25) is 4.79 Å². The Kier molecular flexibility index (Phi) is 3.37. The SMILES string of the molecule is O=C(CCc1cccs1)Nc1ccc2c(c1)OCO2. The minimum absolute atomic E-state index is 0.00673. The molecule has 2 aromatic rings. The zero-order chi connectivity index (χ0) is 13.1. The van der Waals surface area contributed by atoms with Crippen LogP contribution in [0, 0.1) is 0 Å². The van der Waals surface area contributed by atoms with Crippen molar-refractivity contribution in [3.05, 3.63) is 40.6 Å². The number of thiophene rings is 1. The lowest BCUT2D eigenvalue weighted by Gasteiger charge is -2.05. The Bertz CT molecular complexity index is 580. The van der Waals surface area contributed by atoms with Gasteiger partial charge in [0.1, 0.15) is 0 Å². The van der Waals surface area contributed by atoms with Crippen LogP contribution in [0.1, 0.15) is 11.3 Å². The number of nitrogens with one attached hydrogen (secondary N) is 1. The molecule has 1 aliphatic rings. The van der Waals surface area contributed by atoms with Crippen LogP contribution >= 0.6 is 11.3 Å². The number of hydrogen-bond acceptors (Lipinski definition) is 4. The number of rotatable bonds is 4. The predicted octanol–water partition coefficient (Wildman–Crippen LogP) is 3.05. The Morgan fingerprint density at radius 3 is 3.00 bits per heavy atom. The van der Waals surface area contributed by atoms with E-state index in [9.17, 15) is 4.79 Å². The third-order valence-corrected chi connectivity index (χ3v) is 3.77. The highest BCUT2D eigenvalue weighted by Crippen LogP contribution is 2.34. The van der Waals surface area contributed by atoms with Crippen LogP contribution in [-0.2, 0) is 11.2 Å². The Hall–Kier alpha value is -2.01. The van der Waals surface area contributed by atoms with E-state index >= 15 is 0 Å². The molecule has 0 radical (unpaired) electrons. The number of amides is 1. The molecule has 19 heavy (non-hydrogen) atoms. The van der Waals surface area contributed by atoms with Crippen LogP contribution in [0.25, 0.3) is 0 Å². The molecule has 0 bridgehead atoms. The van der Waals surface area contributed by atoms with Crippen molar-refractivity contribution in [2.75, 3.05) is 12.1 Å². The first kappa shape index (κ1) is 12.0. The zero-order valence-corrected chi connectivity index (χ0v) is 11.0. The van der Waals surface area contributed by atoms with Crippen molar-refractivity contribution in [3.8, 4) is 11.5 Å². The Morgan fingerprint density at radius 1 is 1.26 bits per heavy atom. The maximum Gasteiger partial charge on any atom is 0.231 e. The number of ether oxygens (including phenoxy) is 2. The van der Waals surface area contributed by atoms with Crippen molar-refractivity contribution in [3.63, 3.8) is 0 Å². The lowest BCUT2D eigenvalue weighted by atomic mass is 10.2. The van der Waals surface area contributed by atoms with Crippen LogP contribution in [-0.4, -0.2) is 12.7 Å². The van der Waals surface area contributed by atoms with Crippen molar-refractivity contribution in [2.45, 2.75) is 12.8 Å². The second-order valence-electron chi connectivity index (χ2n) is 4.20. The second kappa shape index (κ2) is 5.32. The summed E-state index contributed by atoms with van der Waals surface area (Å²) in [5.41, 5.74) is 0.737. The Balaban J connectivity index is 1.57. The molecule has 1 N–H and O–H groups in total. The van der Waals surface area contributed by atoms with E-state index in [1.165, 1.54) is 4.88 Å². The van der Waals surface area contributed by atoms with E-state index in [0.717, 1.165) is 17.9 Å². The van der Waals surface area contributed by atoms with E-state index in [1.54, 1.807) is 23.5 Å². The van der Waals surface area contributed by atoms with Gasteiger partial charge < -0.3 is 14.8 Å². The van der Waals surface area contributed by atoms with Crippen LogP contribution < -0.4 is 14.8 Å². The number of carbonyl (C=O) groups excluding carboxylic acids is 1. The maximum atomic E-state index is 11.8. The van der Waals surface area contributed by atoms with Crippen LogP contribution in [0.5, 0.6) is 11.5 Å². The van der Waals surface area contributed by atoms with E-state index in [2.05, 4.69) is 5.32 Å². The molecule has 98 valence electrons. The summed E-state index contributed by atoms with van der Waals surface area (Å²) in [6.45, 7) is 0.241. The van der Waals surface area contributed by atoms with E-state index in [0.29, 0.717) is 12.2 Å². The highest BCUT2D eigenvalue weighted by atomic mass is 32.1. The fourth-order valence-corrected chi connectivity index (χ4v) is 2.60. The van der Waals surface area contributed by atoms with Crippen molar-refractivity contribution in [1.82, 2.24) is 0 Å². The van der Waals surface area contributed by atoms with E-state index in [1.807, 2.05) is 23.6 Å². The predicted molar refractivity (Wildman–Crippen MR) is 73.8 cm³/mol. The summed E-state index contributed by atoms with van der Waals surface area (Å²) < 4.78 is 10.5. The second-order valence-corrected chi connectivity index (χ2v) is 5.23. The average molecular weight is 275 g/mol. The smallest absolute Gasteiger partial charge is 0.231 e. The summed E-state index contributed by atoms with van der Waals surface area (Å²) in [5, 5.41) is 4.88. The Labute approximate surface area is 115 Å². The average Bonchev–Trinajstić information content (AvgIpc) is 3.07. The molecule has 0 saturated carbocycles. The van der Waals surface area contributed by atoms with Crippen LogP contribution in [0.3, 0.4) is 0 Å². The number of fused-ring (bicyclic) bond motifs is 1. The molecule has 1 aromatic carbocycles. The lowest BCUT2D eigenvalue weighted by molar-refractivity contribution is -0.116. The molecule has 0 atom stereocenters. The summed E-state index contributed by atoms with van der Waals surface area (Å²) in [4.78, 5) is 13.1. The molecular formula is C14H13NO3S. The third kappa shape index (κ3) is 2.88. The van der Waals surface area contributed by atoms with Crippen LogP contribution in [0.15, 0.2) is 35.7 Å². The van der Waals surface area contributed by atoms with Crippen molar-refractivity contribution >= 4 is 22.9 Å². The number of benzene rings is 1. The molecule has 1 aromatic heterocycles. The largest absolute Gasteiger partial charge is 0.454 e. The number of anilines is 1. The molecule has 0 aliphatic carbocycles. The summed E-state index contributed by atoms with van der Waals surface area (Å²) in [6.07, 6.45) is 1.25. The number of carbonyl (C=O) groups is 1. The van der Waals surface area contributed by atoms with E-state index in [-0.39, 0.29) is 12.7 Å². The van der Waals surface area contributed by atoms with Crippen LogP contribution in [0.4, 0.5) is 5.69 Å². The van der Waals surface area contributed by atoms with E-state index < -0.39 is 0 Å². The van der Waals surface area contributed by atoms with Gasteiger partial charge in [0.15, 0.2) is 11.5 Å². The zero-order valence-electron chi connectivity index (χ0n) is 10.2. The topological polar surface area (TPSA) is 47.6 Å². The highest BCUT2D eigenvalue weighted by Gasteiger charge is 2.14. The molecular weight excluding hydrogens is 262 g/mol. The van der Waals surface area contributed by atoms with Gasteiger partial charge in [0, 0.05) is 23.1 Å². The summed E-state index contributed by atoms with van der Waals surface area (Å²) in [5.74, 6) is 1.40. The fraction of sp³-hybridized carbons (Fsp3) is 0.214. The van der Waals surface area contributed by atoms with Gasteiger partial charge >= 0.3 is 0 Å². The van der Waals surface area contributed by atoms with Gasteiger partial charge in [-0.1, -0.05) is 6.07 Å². The Morgan fingerprint density at radius 2 is 2.16 bits per heavy atom. The molecule has 2 heterocycles. The normalized spacial score (nSPS) is 12.4.